The van der Waals surface area contributed by atoms with E-state index in [1.165, 1.54) is 0 Å². The highest BCUT2D eigenvalue weighted by atomic mass is 16.2. The van der Waals surface area contributed by atoms with Crippen LogP contribution in [0.2, 0.25) is 0 Å². The van der Waals surface area contributed by atoms with Gasteiger partial charge in [0, 0.05) is 0 Å². The predicted molar refractivity (Wildman–Crippen MR) is 65.9 cm³/mol. The number of carbonyl (C=O) groups is 1. The number of nitrogens with two attached hydrogens (primary N) is 1. The van der Waals surface area contributed by atoms with E-state index in [4.69, 9.17) is 5.73 Å². The van der Waals surface area contributed by atoms with Gasteiger partial charge in [0.25, 0.3) is 5.91 Å². The first-order valence-corrected chi connectivity index (χ1v) is 5.28. The Bertz CT molecular complexity index is 598. The number of anilines is 2. The van der Waals surface area contributed by atoms with Gasteiger partial charge in [-0.2, -0.15) is 5.10 Å². The number of rotatable bonds is 2. The van der Waals surface area contributed by atoms with Crippen molar-refractivity contribution in [1.29, 1.82) is 0 Å². The Morgan fingerprint density at radius 3 is 2.61 bits per heavy atom. The SMILES string of the molecule is Cc1nnc(NC(=O)c2cccc(N)n2)nc1C. The number of nitrogens with zero attached hydrogens (tertiary/aromatic N) is 4. The molecule has 0 aliphatic rings. The lowest BCUT2D eigenvalue weighted by atomic mass is 10.3. The van der Waals surface area contributed by atoms with E-state index in [2.05, 4.69) is 25.5 Å². The molecule has 0 saturated heterocycles. The van der Waals surface area contributed by atoms with Crippen molar-refractivity contribution in [1.82, 2.24) is 20.2 Å². The summed E-state index contributed by atoms with van der Waals surface area (Å²) in [5, 5.41) is 10.2. The molecule has 0 unspecified atom stereocenters. The van der Waals surface area contributed by atoms with E-state index >= 15 is 0 Å². The number of hydrogen-bond donors (Lipinski definition) is 2. The zero-order valence-corrected chi connectivity index (χ0v) is 10.0. The second-order valence-corrected chi connectivity index (χ2v) is 3.71. The number of hydrogen-bond acceptors (Lipinski definition) is 6. The third kappa shape index (κ3) is 2.57. The monoisotopic (exact) mass is 244 g/mol. The van der Waals surface area contributed by atoms with E-state index in [-0.39, 0.29) is 17.5 Å². The molecule has 2 aromatic rings. The molecule has 3 N–H and O–H groups in total. The van der Waals surface area contributed by atoms with Gasteiger partial charge in [0.05, 0.1) is 11.4 Å². The summed E-state index contributed by atoms with van der Waals surface area (Å²) in [5.74, 6) is 0.00135. The van der Waals surface area contributed by atoms with Gasteiger partial charge in [-0.25, -0.2) is 9.97 Å². The number of carbonyl (C=O) groups excluding carboxylic acids is 1. The minimum absolute atomic E-state index is 0.146. The van der Waals surface area contributed by atoms with Gasteiger partial charge in [0.1, 0.15) is 11.5 Å². The summed E-state index contributed by atoms with van der Waals surface area (Å²) in [6.45, 7) is 3.58. The van der Waals surface area contributed by atoms with E-state index in [1.807, 2.05) is 0 Å². The normalized spacial score (nSPS) is 10.1. The first-order chi connectivity index (χ1) is 8.56. The molecule has 1 amide bonds. The predicted octanol–water partition coefficient (Wildman–Crippen LogP) is 0.718. The van der Waals surface area contributed by atoms with Crippen LogP contribution in [-0.2, 0) is 0 Å². The maximum atomic E-state index is 11.8. The molecule has 2 rings (SSSR count). The summed E-state index contributed by atoms with van der Waals surface area (Å²) >= 11 is 0. The minimum atomic E-state index is -0.424. The first-order valence-electron chi connectivity index (χ1n) is 5.28. The van der Waals surface area contributed by atoms with Crippen molar-refractivity contribution in [3.8, 4) is 0 Å². The van der Waals surface area contributed by atoms with Crippen molar-refractivity contribution in [3.05, 3.63) is 35.3 Å². The van der Waals surface area contributed by atoms with Gasteiger partial charge in [0.15, 0.2) is 0 Å². The summed E-state index contributed by atoms with van der Waals surface area (Å²) < 4.78 is 0. The largest absolute Gasteiger partial charge is 0.384 e. The van der Waals surface area contributed by atoms with Crippen LogP contribution in [0.1, 0.15) is 21.9 Å². The average molecular weight is 244 g/mol. The Balaban J connectivity index is 2.18. The van der Waals surface area contributed by atoms with Gasteiger partial charge in [-0.3, -0.25) is 10.1 Å². The van der Waals surface area contributed by atoms with Crippen LogP contribution < -0.4 is 11.1 Å². The van der Waals surface area contributed by atoms with Gasteiger partial charge in [-0.15, -0.1) is 5.10 Å². The van der Waals surface area contributed by atoms with Crippen molar-refractivity contribution in [2.75, 3.05) is 11.1 Å². The molecule has 0 bridgehead atoms. The van der Waals surface area contributed by atoms with Crippen molar-refractivity contribution >= 4 is 17.7 Å². The second-order valence-electron chi connectivity index (χ2n) is 3.71. The molecule has 0 spiro atoms. The number of amides is 1. The Morgan fingerprint density at radius 1 is 1.17 bits per heavy atom. The van der Waals surface area contributed by atoms with E-state index in [0.717, 1.165) is 5.69 Å². The summed E-state index contributed by atoms with van der Waals surface area (Å²) in [5.41, 5.74) is 7.13. The first kappa shape index (κ1) is 11.9. The maximum Gasteiger partial charge on any atom is 0.276 e. The molecular weight excluding hydrogens is 232 g/mol. The summed E-state index contributed by atoms with van der Waals surface area (Å²) in [6.07, 6.45) is 0. The molecule has 0 aliphatic heterocycles. The standard InChI is InChI=1S/C11H12N6O/c1-6-7(2)16-17-11(13-6)15-10(18)8-4-3-5-9(12)14-8/h3-5H,1-2H3,(H2,12,14)(H,13,15,17,18). The third-order valence-electron chi connectivity index (χ3n) is 2.32. The second kappa shape index (κ2) is 4.74. The molecule has 0 saturated carbocycles. The van der Waals surface area contributed by atoms with E-state index < -0.39 is 5.91 Å². The smallest absolute Gasteiger partial charge is 0.276 e. The van der Waals surface area contributed by atoms with Crippen molar-refractivity contribution < 1.29 is 4.79 Å². The lowest BCUT2D eigenvalue weighted by Crippen LogP contribution is -2.17. The van der Waals surface area contributed by atoms with Crippen molar-refractivity contribution in [3.63, 3.8) is 0 Å². The van der Waals surface area contributed by atoms with Gasteiger partial charge < -0.3 is 5.73 Å². The third-order valence-corrected chi connectivity index (χ3v) is 2.32. The Hall–Kier alpha value is -2.57. The lowest BCUT2D eigenvalue weighted by Gasteiger charge is -2.04. The number of pyridine rings is 1. The maximum absolute atomic E-state index is 11.8. The number of nitrogens with one attached hydrogen (secondary N) is 1. The van der Waals surface area contributed by atoms with Gasteiger partial charge in [0.2, 0.25) is 5.95 Å². The van der Waals surface area contributed by atoms with Crippen LogP contribution in [0.25, 0.3) is 0 Å². The van der Waals surface area contributed by atoms with Crippen molar-refractivity contribution in [2.45, 2.75) is 13.8 Å². The van der Waals surface area contributed by atoms with E-state index in [9.17, 15) is 4.79 Å². The fraction of sp³-hybridized carbons (Fsp3) is 0.182. The number of aryl methyl sites for hydroxylation is 2. The Kier molecular flexibility index (Phi) is 3.13. The minimum Gasteiger partial charge on any atom is -0.384 e. The van der Waals surface area contributed by atoms with Crippen LogP contribution in [0.4, 0.5) is 11.8 Å². The fourth-order valence-corrected chi connectivity index (χ4v) is 1.25. The average Bonchev–Trinajstić information content (AvgIpc) is 2.34. The van der Waals surface area contributed by atoms with Gasteiger partial charge in [-0.05, 0) is 26.0 Å². The lowest BCUT2D eigenvalue weighted by molar-refractivity contribution is 0.102. The van der Waals surface area contributed by atoms with Gasteiger partial charge in [-0.1, -0.05) is 6.07 Å². The molecule has 2 heterocycles. The summed E-state index contributed by atoms with van der Waals surface area (Å²) in [6, 6.07) is 4.81. The Morgan fingerprint density at radius 2 is 1.94 bits per heavy atom. The van der Waals surface area contributed by atoms with Crippen molar-refractivity contribution in [2.24, 2.45) is 0 Å². The number of aromatic nitrogens is 4. The molecule has 0 atom stereocenters. The quantitative estimate of drug-likeness (QED) is 0.806. The summed E-state index contributed by atoms with van der Waals surface area (Å²) in [4.78, 5) is 19.8. The molecule has 0 aliphatic carbocycles. The molecule has 92 valence electrons. The van der Waals surface area contributed by atoms with Crippen LogP contribution in [0.15, 0.2) is 18.2 Å². The van der Waals surface area contributed by atoms with E-state index in [0.29, 0.717) is 5.69 Å². The molecule has 0 radical (unpaired) electrons. The van der Waals surface area contributed by atoms with Crippen LogP contribution >= 0.6 is 0 Å². The van der Waals surface area contributed by atoms with Crippen LogP contribution in [0.5, 0.6) is 0 Å². The highest BCUT2D eigenvalue weighted by molar-refractivity contribution is 6.01. The number of nitrogen functional groups attached to an aromatic ring is 1. The van der Waals surface area contributed by atoms with Gasteiger partial charge >= 0.3 is 0 Å². The zero-order chi connectivity index (χ0) is 13.1. The zero-order valence-electron chi connectivity index (χ0n) is 10.0. The molecule has 0 aromatic carbocycles. The molecule has 7 nitrogen and oxygen atoms in total. The highest BCUT2D eigenvalue weighted by Gasteiger charge is 2.10. The van der Waals surface area contributed by atoms with Crippen LogP contribution in [0.3, 0.4) is 0 Å². The Labute approximate surface area is 103 Å². The fourth-order valence-electron chi connectivity index (χ4n) is 1.25. The molecule has 7 heteroatoms. The molecule has 18 heavy (non-hydrogen) atoms. The topological polar surface area (TPSA) is 107 Å². The molecular formula is C11H12N6O. The molecule has 2 aromatic heterocycles. The van der Waals surface area contributed by atoms with Crippen LogP contribution in [-0.4, -0.2) is 26.1 Å². The van der Waals surface area contributed by atoms with Crippen LogP contribution in [0, 0.1) is 13.8 Å². The van der Waals surface area contributed by atoms with E-state index in [1.54, 1.807) is 32.0 Å². The summed E-state index contributed by atoms with van der Waals surface area (Å²) in [7, 11) is 0. The highest BCUT2D eigenvalue weighted by Crippen LogP contribution is 2.05. The molecule has 0 fully saturated rings.